The fraction of sp³-hybridized carbons (Fsp3) is 0.214. The van der Waals surface area contributed by atoms with E-state index in [9.17, 15) is 4.79 Å². The van der Waals surface area contributed by atoms with Crippen molar-refractivity contribution in [2.45, 2.75) is 16.3 Å². The molecule has 0 fully saturated rings. The summed E-state index contributed by atoms with van der Waals surface area (Å²) in [6.07, 6.45) is 5.68. The Labute approximate surface area is 135 Å². The molecule has 2 aromatic heterocycles. The first-order chi connectivity index (χ1) is 10.2. The molecule has 0 spiro atoms. The molecule has 0 bridgehead atoms. The van der Waals surface area contributed by atoms with Crippen LogP contribution in [0.25, 0.3) is 11.6 Å². The highest BCUT2D eigenvalue weighted by Crippen LogP contribution is 2.34. The average Bonchev–Trinajstić information content (AvgIpc) is 3.05. The summed E-state index contributed by atoms with van der Waals surface area (Å²) in [5, 5.41) is 3.51. The van der Waals surface area contributed by atoms with Crippen molar-refractivity contribution in [2.24, 2.45) is 0 Å². The summed E-state index contributed by atoms with van der Waals surface area (Å²) in [5.41, 5.74) is 1.41. The zero-order valence-corrected chi connectivity index (χ0v) is 14.0. The third-order valence-electron chi connectivity index (χ3n) is 2.90. The molecule has 0 atom stereocenters. The number of fused-ring (bicyclic) bond motifs is 1. The summed E-state index contributed by atoms with van der Waals surface area (Å²) in [6, 6.07) is 4.09. The Hall–Kier alpha value is -1.31. The van der Waals surface area contributed by atoms with E-state index in [1.165, 1.54) is 4.21 Å². The Morgan fingerprint density at radius 1 is 1.43 bits per heavy atom. The molecule has 108 valence electrons. The second-order valence-corrected chi connectivity index (χ2v) is 7.67. The number of amides is 1. The highest BCUT2D eigenvalue weighted by molar-refractivity contribution is 8.00. The smallest absolute Gasteiger partial charge is 0.257 e. The molecule has 2 aromatic rings. The number of thiophene rings is 1. The summed E-state index contributed by atoms with van der Waals surface area (Å²) in [4.78, 5) is 21.9. The molecule has 1 amide bonds. The van der Waals surface area contributed by atoms with Crippen LogP contribution in [0.4, 0.5) is 5.82 Å². The Morgan fingerprint density at radius 2 is 2.29 bits per heavy atom. The standard InChI is InChI=1S/C14H13N3OS3/c1-3-20-14-15-7-10-9(13(18)16-12(10)17-14)6-8-4-5-11(19-2)21-8/h4-7H,3H2,1-2H3,(H,15,16,17,18). The number of nitrogens with zero attached hydrogens (tertiary/aromatic N) is 2. The first-order valence-corrected chi connectivity index (χ1v) is 9.41. The van der Waals surface area contributed by atoms with Crippen LogP contribution in [0.15, 0.2) is 27.7 Å². The maximum Gasteiger partial charge on any atom is 0.257 e. The van der Waals surface area contributed by atoms with Crippen LogP contribution in [-0.4, -0.2) is 27.9 Å². The number of aromatic nitrogens is 2. The van der Waals surface area contributed by atoms with E-state index < -0.39 is 0 Å². The lowest BCUT2D eigenvalue weighted by Gasteiger charge is -2.00. The molecule has 4 nitrogen and oxygen atoms in total. The van der Waals surface area contributed by atoms with Crippen molar-refractivity contribution in [1.82, 2.24) is 9.97 Å². The molecular weight excluding hydrogens is 322 g/mol. The van der Waals surface area contributed by atoms with Gasteiger partial charge in [-0.2, -0.15) is 0 Å². The van der Waals surface area contributed by atoms with Crippen molar-refractivity contribution < 1.29 is 4.79 Å². The second-order valence-electron chi connectivity index (χ2n) is 4.22. The largest absolute Gasteiger partial charge is 0.306 e. The summed E-state index contributed by atoms with van der Waals surface area (Å²) in [7, 11) is 0. The van der Waals surface area contributed by atoms with E-state index in [1.54, 1.807) is 41.1 Å². The van der Waals surface area contributed by atoms with Gasteiger partial charge in [-0.15, -0.1) is 23.1 Å². The molecule has 1 aliphatic rings. The quantitative estimate of drug-likeness (QED) is 0.522. The minimum Gasteiger partial charge on any atom is -0.306 e. The van der Waals surface area contributed by atoms with Gasteiger partial charge in [0, 0.05) is 16.6 Å². The van der Waals surface area contributed by atoms with Gasteiger partial charge in [-0.3, -0.25) is 4.79 Å². The van der Waals surface area contributed by atoms with Crippen LogP contribution in [0.1, 0.15) is 17.4 Å². The van der Waals surface area contributed by atoms with Gasteiger partial charge in [0.05, 0.1) is 9.78 Å². The summed E-state index contributed by atoms with van der Waals surface area (Å²) in [5.74, 6) is 1.40. The zero-order valence-electron chi connectivity index (χ0n) is 11.5. The van der Waals surface area contributed by atoms with E-state index in [0.717, 1.165) is 16.2 Å². The number of carbonyl (C=O) groups excluding carboxylic acids is 1. The molecule has 0 unspecified atom stereocenters. The molecule has 7 heteroatoms. The molecule has 0 aliphatic carbocycles. The van der Waals surface area contributed by atoms with E-state index in [4.69, 9.17) is 0 Å². The van der Waals surface area contributed by atoms with Crippen LogP contribution in [0, 0.1) is 0 Å². The Kier molecular flexibility index (Phi) is 4.32. The van der Waals surface area contributed by atoms with E-state index in [-0.39, 0.29) is 5.91 Å². The molecule has 1 N–H and O–H groups in total. The third-order valence-corrected chi connectivity index (χ3v) is 5.76. The molecule has 1 aliphatic heterocycles. The molecule has 0 aromatic carbocycles. The number of hydrogen-bond acceptors (Lipinski definition) is 6. The lowest BCUT2D eigenvalue weighted by atomic mass is 10.1. The summed E-state index contributed by atoms with van der Waals surface area (Å²) in [6.45, 7) is 2.05. The van der Waals surface area contributed by atoms with Gasteiger partial charge in [-0.1, -0.05) is 18.7 Å². The van der Waals surface area contributed by atoms with Crippen molar-refractivity contribution in [1.29, 1.82) is 0 Å². The topological polar surface area (TPSA) is 54.9 Å². The Balaban J connectivity index is 1.96. The van der Waals surface area contributed by atoms with Crippen LogP contribution in [0.2, 0.25) is 0 Å². The van der Waals surface area contributed by atoms with E-state index in [0.29, 0.717) is 16.5 Å². The number of thioether (sulfide) groups is 2. The maximum absolute atomic E-state index is 12.1. The lowest BCUT2D eigenvalue weighted by molar-refractivity contribution is -0.110. The summed E-state index contributed by atoms with van der Waals surface area (Å²) >= 11 is 4.93. The van der Waals surface area contributed by atoms with Gasteiger partial charge in [0.15, 0.2) is 5.16 Å². The monoisotopic (exact) mass is 335 g/mol. The molecular formula is C14H13N3OS3. The summed E-state index contributed by atoms with van der Waals surface area (Å²) < 4.78 is 1.23. The first-order valence-electron chi connectivity index (χ1n) is 6.38. The van der Waals surface area contributed by atoms with Gasteiger partial charge in [-0.05, 0) is 30.2 Å². The molecule has 3 heterocycles. The Morgan fingerprint density at radius 3 is 3.00 bits per heavy atom. The highest BCUT2D eigenvalue weighted by atomic mass is 32.2. The van der Waals surface area contributed by atoms with Gasteiger partial charge in [0.25, 0.3) is 5.91 Å². The minimum atomic E-state index is -0.114. The number of carbonyl (C=O) groups is 1. The van der Waals surface area contributed by atoms with Crippen molar-refractivity contribution >= 4 is 58.2 Å². The number of hydrogen-bond donors (Lipinski definition) is 1. The molecule has 0 radical (unpaired) electrons. The SMILES string of the molecule is CCSc1ncc2c(n1)NC(=O)C2=Cc1ccc(SC)s1. The second kappa shape index (κ2) is 6.21. The molecule has 0 saturated heterocycles. The van der Waals surface area contributed by atoms with E-state index in [1.807, 2.05) is 25.3 Å². The lowest BCUT2D eigenvalue weighted by Crippen LogP contribution is -2.04. The van der Waals surface area contributed by atoms with Crippen LogP contribution in [0.3, 0.4) is 0 Å². The van der Waals surface area contributed by atoms with E-state index in [2.05, 4.69) is 21.4 Å². The molecule has 21 heavy (non-hydrogen) atoms. The third kappa shape index (κ3) is 3.00. The van der Waals surface area contributed by atoms with Crippen molar-refractivity contribution in [3.05, 3.63) is 28.8 Å². The van der Waals surface area contributed by atoms with Gasteiger partial charge in [0.2, 0.25) is 0 Å². The number of nitrogens with one attached hydrogen (secondary N) is 1. The highest BCUT2D eigenvalue weighted by Gasteiger charge is 2.26. The van der Waals surface area contributed by atoms with Crippen molar-refractivity contribution in [2.75, 3.05) is 17.3 Å². The molecule has 3 rings (SSSR count). The van der Waals surface area contributed by atoms with Crippen LogP contribution < -0.4 is 5.32 Å². The zero-order chi connectivity index (χ0) is 14.8. The van der Waals surface area contributed by atoms with Crippen LogP contribution >= 0.6 is 34.9 Å². The van der Waals surface area contributed by atoms with Gasteiger partial charge < -0.3 is 5.32 Å². The van der Waals surface area contributed by atoms with Gasteiger partial charge in [-0.25, -0.2) is 9.97 Å². The van der Waals surface area contributed by atoms with Crippen molar-refractivity contribution in [3.63, 3.8) is 0 Å². The predicted octanol–water partition coefficient (Wildman–Crippen LogP) is 3.86. The maximum atomic E-state index is 12.1. The van der Waals surface area contributed by atoms with Crippen LogP contribution in [0.5, 0.6) is 0 Å². The normalized spacial score (nSPS) is 15.3. The fourth-order valence-electron chi connectivity index (χ4n) is 1.96. The minimum absolute atomic E-state index is 0.114. The van der Waals surface area contributed by atoms with Gasteiger partial charge in [0.1, 0.15) is 5.82 Å². The Bertz CT molecular complexity index is 724. The average molecular weight is 335 g/mol. The van der Waals surface area contributed by atoms with E-state index >= 15 is 0 Å². The van der Waals surface area contributed by atoms with Crippen molar-refractivity contribution in [3.8, 4) is 0 Å². The predicted molar refractivity (Wildman–Crippen MR) is 91.0 cm³/mol. The fourth-order valence-corrected chi connectivity index (χ4v) is 4.01. The van der Waals surface area contributed by atoms with Gasteiger partial charge >= 0.3 is 0 Å². The molecule has 0 saturated carbocycles. The first kappa shape index (κ1) is 14.6. The van der Waals surface area contributed by atoms with Crippen LogP contribution in [-0.2, 0) is 4.79 Å². The number of rotatable bonds is 4. The number of anilines is 1.